The molecule has 3 atom stereocenters. The van der Waals surface area contributed by atoms with Crippen LogP contribution < -0.4 is 5.32 Å². The lowest BCUT2D eigenvalue weighted by Crippen LogP contribution is -2.52. The van der Waals surface area contributed by atoms with Crippen LogP contribution in [0.2, 0.25) is 0 Å². The largest absolute Gasteiger partial charge is 0.373 e. The summed E-state index contributed by atoms with van der Waals surface area (Å²) in [6.07, 6.45) is 6.41. The van der Waals surface area contributed by atoms with Crippen LogP contribution in [0, 0.1) is 5.92 Å². The molecule has 3 heterocycles. The second-order valence-corrected chi connectivity index (χ2v) is 7.75. The predicted octanol–water partition coefficient (Wildman–Crippen LogP) is 1.48. The Balaban J connectivity index is 1.42. The van der Waals surface area contributed by atoms with Crippen molar-refractivity contribution in [3.05, 3.63) is 0 Å². The quantitative estimate of drug-likeness (QED) is 0.854. The van der Waals surface area contributed by atoms with Crippen LogP contribution >= 0.6 is 0 Å². The molecule has 0 aromatic carbocycles. The number of hydrogen-bond acceptors (Lipinski definition) is 4. The van der Waals surface area contributed by atoms with Gasteiger partial charge in [0.15, 0.2) is 0 Å². The van der Waals surface area contributed by atoms with Crippen molar-refractivity contribution in [2.75, 3.05) is 39.3 Å². The van der Waals surface area contributed by atoms with E-state index in [1.807, 2.05) is 0 Å². The molecule has 3 saturated heterocycles. The highest BCUT2D eigenvalue weighted by atomic mass is 16.5. The predicted molar refractivity (Wildman–Crippen MR) is 91.4 cm³/mol. The average molecular weight is 323 g/mol. The van der Waals surface area contributed by atoms with Crippen molar-refractivity contribution in [2.24, 2.45) is 5.92 Å². The summed E-state index contributed by atoms with van der Waals surface area (Å²) in [6, 6.07) is 0.0845. The van der Waals surface area contributed by atoms with Crippen molar-refractivity contribution in [2.45, 2.75) is 64.2 Å². The molecule has 0 aliphatic carbocycles. The molecule has 1 N–H and O–H groups in total. The third-order valence-electron chi connectivity index (χ3n) is 5.55. The molecule has 0 aromatic heterocycles. The van der Waals surface area contributed by atoms with Crippen molar-refractivity contribution in [1.29, 1.82) is 0 Å². The topological polar surface area (TPSA) is 44.8 Å². The summed E-state index contributed by atoms with van der Waals surface area (Å²) in [4.78, 5) is 17.2. The van der Waals surface area contributed by atoms with E-state index < -0.39 is 0 Å². The number of amides is 1. The highest BCUT2D eigenvalue weighted by molar-refractivity contribution is 5.82. The van der Waals surface area contributed by atoms with E-state index in [0.717, 1.165) is 57.9 Å². The molecule has 23 heavy (non-hydrogen) atoms. The fourth-order valence-corrected chi connectivity index (χ4v) is 4.42. The zero-order valence-electron chi connectivity index (χ0n) is 14.8. The Morgan fingerprint density at radius 3 is 2.39 bits per heavy atom. The van der Waals surface area contributed by atoms with Gasteiger partial charge < -0.3 is 15.0 Å². The van der Waals surface area contributed by atoms with Crippen LogP contribution in [0.15, 0.2) is 0 Å². The number of rotatable bonds is 3. The maximum absolute atomic E-state index is 12.6. The second-order valence-electron chi connectivity index (χ2n) is 7.75. The number of carbonyl (C=O) groups excluding carboxylic acids is 1. The number of carbonyl (C=O) groups is 1. The lowest BCUT2D eigenvalue weighted by molar-refractivity contribution is -0.135. The molecule has 0 aromatic rings. The van der Waals surface area contributed by atoms with E-state index in [1.165, 1.54) is 19.4 Å². The highest BCUT2D eigenvalue weighted by Crippen LogP contribution is 2.22. The van der Waals surface area contributed by atoms with E-state index in [-0.39, 0.29) is 6.04 Å². The Morgan fingerprint density at radius 2 is 1.78 bits per heavy atom. The van der Waals surface area contributed by atoms with E-state index in [1.54, 1.807) is 0 Å². The molecule has 0 bridgehead atoms. The van der Waals surface area contributed by atoms with Gasteiger partial charge in [-0.2, -0.15) is 0 Å². The zero-order valence-corrected chi connectivity index (χ0v) is 14.8. The Hall–Kier alpha value is -0.650. The standard InChI is InChI=1S/C18H33N3O2/c1-14-11-20(12-15(2)23-14)13-16-6-9-21(10-7-16)18(22)17-5-3-4-8-19-17/h14-17,19H,3-13H2,1-2H3/t14?,15?,17-/m1/s1. The van der Waals surface area contributed by atoms with Crippen LogP contribution in [-0.2, 0) is 9.53 Å². The maximum atomic E-state index is 12.6. The third kappa shape index (κ3) is 4.68. The second kappa shape index (κ2) is 7.95. The Labute approximate surface area is 140 Å². The lowest BCUT2D eigenvalue weighted by Gasteiger charge is -2.40. The molecule has 2 unspecified atom stereocenters. The van der Waals surface area contributed by atoms with Crippen molar-refractivity contribution < 1.29 is 9.53 Å². The fraction of sp³-hybridized carbons (Fsp3) is 0.944. The third-order valence-corrected chi connectivity index (χ3v) is 5.55. The Kier molecular flexibility index (Phi) is 5.94. The molecule has 5 heteroatoms. The average Bonchev–Trinajstić information content (AvgIpc) is 2.55. The van der Waals surface area contributed by atoms with E-state index in [0.29, 0.717) is 18.1 Å². The van der Waals surface area contributed by atoms with Gasteiger partial charge in [-0.25, -0.2) is 0 Å². The van der Waals surface area contributed by atoms with E-state index in [4.69, 9.17) is 4.74 Å². The molecule has 3 rings (SSSR count). The molecule has 132 valence electrons. The monoisotopic (exact) mass is 323 g/mol. The SMILES string of the molecule is CC1CN(CC2CCN(C(=O)[C@H]3CCCCN3)CC2)CC(C)O1. The van der Waals surface area contributed by atoms with Crippen LogP contribution in [0.1, 0.15) is 46.0 Å². The van der Waals surface area contributed by atoms with Crippen LogP contribution in [0.4, 0.5) is 0 Å². The number of morpholine rings is 1. The molecule has 0 spiro atoms. The van der Waals surface area contributed by atoms with Gasteiger partial charge in [0.05, 0.1) is 18.2 Å². The number of piperidine rings is 2. The van der Waals surface area contributed by atoms with Gasteiger partial charge in [-0.3, -0.25) is 9.69 Å². The number of likely N-dealkylation sites (tertiary alicyclic amines) is 1. The van der Waals surface area contributed by atoms with Crippen LogP contribution in [0.25, 0.3) is 0 Å². The first kappa shape index (κ1) is 17.2. The minimum atomic E-state index is 0.0845. The molecule has 3 aliphatic rings. The number of ether oxygens (including phenoxy) is 1. The van der Waals surface area contributed by atoms with E-state index in [2.05, 4.69) is 29.0 Å². The van der Waals surface area contributed by atoms with Crippen molar-refractivity contribution in [3.63, 3.8) is 0 Å². The summed E-state index contributed by atoms with van der Waals surface area (Å²) < 4.78 is 5.82. The molecule has 0 saturated carbocycles. The molecular weight excluding hydrogens is 290 g/mol. The highest BCUT2D eigenvalue weighted by Gasteiger charge is 2.30. The van der Waals surface area contributed by atoms with Gasteiger partial charge in [0, 0.05) is 32.7 Å². The van der Waals surface area contributed by atoms with E-state index in [9.17, 15) is 4.79 Å². The molecular formula is C18H33N3O2. The fourth-order valence-electron chi connectivity index (χ4n) is 4.42. The first-order valence-electron chi connectivity index (χ1n) is 9.52. The molecule has 0 radical (unpaired) electrons. The van der Waals surface area contributed by atoms with E-state index >= 15 is 0 Å². The van der Waals surface area contributed by atoms with Crippen LogP contribution in [0.3, 0.4) is 0 Å². The zero-order chi connectivity index (χ0) is 16.2. The van der Waals surface area contributed by atoms with Crippen molar-refractivity contribution in [3.8, 4) is 0 Å². The minimum Gasteiger partial charge on any atom is -0.373 e. The molecule has 3 aliphatic heterocycles. The first-order valence-corrected chi connectivity index (χ1v) is 9.52. The summed E-state index contributed by atoms with van der Waals surface area (Å²) in [5.41, 5.74) is 0. The van der Waals surface area contributed by atoms with Crippen LogP contribution in [-0.4, -0.2) is 73.2 Å². The minimum absolute atomic E-state index is 0.0845. The molecule has 1 amide bonds. The van der Waals surface area contributed by atoms with Gasteiger partial charge in [0.25, 0.3) is 0 Å². The van der Waals surface area contributed by atoms with Crippen LogP contribution in [0.5, 0.6) is 0 Å². The lowest BCUT2D eigenvalue weighted by atomic mass is 9.94. The van der Waals surface area contributed by atoms with Gasteiger partial charge in [0.2, 0.25) is 5.91 Å². The first-order chi connectivity index (χ1) is 11.1. The summed E-state index contributed by atoms with van der Waals surface area (Å²) in [5.74, 6) is 1.08. The van der Waals surface area contributed by atoms with Gasteiger partial charge in [-0.15, -0.1) is 0 Å². The Morgan fingerprint density at radius 1 is 1.09 bits per heavy atom. The van der Waals surface area contributed by atoms with Gasteiger partial charge >= 0.3 is 0 Å². The normalized spacial score (nSPS) is 34.5. The molecule has 3 fully saturated rings. The summed E-state index contributed by atoms with van der Waals surface area (Å²) in [6.45, 7) is 10.5. The van der Waals surface area contributed by atoms with Crippen molar-refractivity contribution >= 4 is 5.91 Å². The van der Waals surface area contributed by atoms with Gasteiger partial charge in [-0.1, -0.05) is 6.42 Å². The number of nitrogens with zero attached hydrogens (tertiary/aromatic N) is 2. The van der Waals surface area contributed by atoms with Crippen molar-refractivity contribution in [1.82, 2.24) is 15.1 Å². The summed E-state index contributed by atoms with van der Waals surface area (Å²) >= 11 is 0. The smallest absolute Gasteiger partial charge is 0.239 e. The summed E-state index contributed by atoms with van der Waals surface area (Å²) in [7, 11) is 0. The number of nitrogens with one attached hydrogen (secondary N) is 1. The summed E-state index contributed by atoms with van der Waals surface area (Å²) in [5, 5.41) is 3.39. The molecule has 5 nitrogen and oxygen atoms in total. The number of hydrogen-bond donors (Lipinski definition) is 1. The maximum Gasteiger partial charge on any atom is 0.239 e. The van der Waals surface area contributed by atoms with Gasteiger partial charge in [0.1, 0.15) is 0 Å². The Bertz CT molecular complexity index is 380. The van der Waals surface area contributed by atoms with Gasteiger partial charge in [-0.05, 0) is 52.0 Å².